The summed E-state index contributed by atoms with van der Waals surface area (Å²) in [6.07, 6.45) is 1.64. The Labute approximate surface area is 127 Å². The van der Waals surface area contributed by atoms with Crippen LogP contribution in [-0.4, -0.2) is 7.11 Å². The number of hydrogen-bond donors (Lipinski definition) is 0. The van der Waals surface area contributed by atoms with Gasteiger partial charge in [-0.1, -0.05) is 61.5 Å². The zero-order valence-corrected chi connectivity index (χ0v) is 12.6. The average Bonchev–Trinajstić information content (AvgIpc) is 2.57. The van der Waals surface area contributed by atoms with Crippen molar-refractivity contribution in [1.29, 1.82) is 5.26 Å². The summed E-state index contributed by atoms with van der Waals surface area (Å²) in [5.74, 6) is -0.151. The topological polar surface area (TPSA) is 33.0 Å². The zero-order chi connectivity index (χ0) is 15.1. The van der Waals surface area contributed by atoms with E-state index in [-0.39, 0.29) is 12.0 Å². The highest BCUT2D eigenvalue weighted by atomic mass is 16.5. The predicted octanol–water partition coefficient (Wildman–Crippen LogP) is 4.63. The van der Waals surface area contributed by atoms with Crippen molar-refractivity contribution in [2.24, 2.45) is 0 Å². The number of nitrogens with zero attached hydrogens (tertiary/aromatic N) is 1. The second kappa shape index (κ2) is 7.61. The lowest BCUT2D eigenvalue weighted by molar-refractivity contribution is 0.0930. The van der Waals surface area contributed by atoms with Crippen LogP contribution >= 0.6 is 0 Å². The van der Waals surface area contributed by atoms with E-state index < -0.39 is 0 Å². The molecule has 0 aromatic heterocycles. The molecule has 2 aromatic carbocycles. The molecule has 2 heteroatoms. The van der Waals surface area contributed by atoms with E-state index in [1.54, 1.807) is 7.11 Å². The summed E-state index contributed by atoms with van der Waals surface area (Å²) in [5.41, 5.74) is 3.49. The molecule has 2 atom stereocenters. The molecule has 2 nitrogen and oxygen atoms in total. The second-order valence-corrected chi connectivity index (χ2v) is 5.15. The van der Waals surface area contributed by atoms with Crippen molar-refractivity contribution >= 4 is 0 Å². The number of benzene rings is 2. The molecule has 2 aromatic rings. The van der Waals surface area contributed by atoms with Crippen molar-refractivity contribution in [1.82, 2.24) is 0 Å². The fourth-order valence-electron chi connectivity index (χ4n) is 2.50. The normalized spacial score (nSPS) is 13.4. The molecule has 0 heterocycles. The van der Waals surface area contributed by atoms with E-state index in [2.05, 4.69) is 37.3 Å². The maximum Gasteiger partial charge on any atom is 0.0837 e. The van der Waals surface area contributed by atoms with Crippen molar-refractivity contribution in [2.45, 2.75) is 31.8 Å². The van der Waals surface area contributed by atoms with E-state index in [0.29, 0.717) is 6.42 Å². The van der Waals surface area contributed by atoms with Gasteiger partial charge in [0.25, 0.3) is 0 Å². The van der Waals surface area contributed by atoms with Crippen LogP contribution in [0.1, 0.15) is 42.1 Å². The molecule has 0 N–H and O–H groups in total. The Balaban J connectivity index is 2.15. The van der Waals surface area contributed by atoms with Crippen LogP contribution in [0, 0.1) is 11.3 Å². The molecule has 108 valence electrons. The number of aryl methyl sites for hydroxylation is 1. The van der Waals surface area contributed by atoms with E-state index in [0.717, 1.165) is 17.5 Å². The number of ether oxygens (including phenoxy) is 1. The smallest absolute Gasteiger partial charge is 0.0837 e. The number of methoxy groups -OCH3 is 1. The van der Waals surface area contributed by atoms with Crippen molar-refractivity contribution in [2.75, 3.05) is 7.11 Å². The summed E-state index contributed by atoms with van der Waals surface area (Å²) in [4.78, 5) is 0. The maximum absolute atomic E-state index is 9.45. The van der Waals surface area contributed by atoms with Crippen molar-refractivity contribution < 1.29 is 4.74 Å². The molecule has 0 fully saturated rings. The van der Waals surface area contributed by atoms with Gasteiger partial charge in [-0.05, 0) is 29.5 Å². The minimum absolute atomic E-state index is 0.0548. The van der Waals surface area contributed by atoms with E-state index in [4.69, 9.17) is 4.74 Å². The molecule has 0 saturated heterocycles. The SMILES string of the molecule is CCc1ccc(C(CC(C#N)c2ccccc2)OC)cc1. The molecule has 2 unspecified atom stereocenters. The molecule has 0 radical (unpaired) electrons. The molecule has 0 aliphatic rings. The van der Waals surface area contributed by atoms with Gasteiger partial charge in [0.2, 0.25) is 0 Å². The van der Waals surface area contributed by atoms with E-state index in [1.165, 1.54) is 5.56 Å². The monoisotopic (exact) mass is 279 g/mol. The molecule has 0 saturated carbocycles. The lowest BCUT2D eigenvalue weighted by Crippen LogP contribution is -2.07. The molecule has 21 heavy (non-hydrogen) atoms. The Kier molecular flexibility index (Phi) is 5.54. The highest BCUT2D eigenvalue weighted by Gasteiger charge is 2.19. The summed E-state index contributed by atoms with van der Waals surface area (Å²) in [6, 6.07) is 20.8. The third-order valence-electron chi connectivity index (χ3n) is 3.85. The van der Waals surface area contributed by atoms with Gasteiger partial charge in [0.05, 0.1) is 18.1 Å². The Morgan fingerprint density at radius 3 is 2.19 bits per heavy atom. The first-order valence-corrected chi connectivity index (χ1v) is 7.34. The zero-order valence-electron chi connectivity index (χ0n) is 12.6. The van der Waals surface area contributed by atoms with E-state index in [1.807, 2.05) is 30.3 Å². The Morgan fingerprint density at radius 1 is 1.00 bits per heavy atom. The first-order valence-electron chi connectivity index (χ1n) is 7.34. The third-order valence-corrected chi connectivity index (χ3v) is 3.85. The highest BCUT2D eigenvalue weighted by Crippen LogP contribution is 2.30. The summed E-state index contributed by atoms with van der Waals surface area (Å²) >= 11 is 0. The first kappa shape index (κ1) is 15.3. The van der Waals surface area contributed by atoms with Crippen molar-refractivity contribution in [3.8, 4) is 6.07 Å². The van der Waals surface area contributed by atoms with Crippen LogP contribution < -0.4 is 0 Å². The molecule has 0 amide bonds. The van der Waals surface area contributed by atoms with Crippen molar-refractivity contribution in [3.05, 3.63) is 71.3 Å². The van der Waals surface area contributed by atoms with Gasteiger partial charge >= 0.3 is 0 Å². The summed E-state index contributed by atoms with van der Waals surface area (Å²) in [5, 5.41) is 9.45. The molecular weight excluding hydrogens is 258 g/mol. The van der Waals surface area contributed by atoms with Gasteiger partial charge < -0.3 is 4.74 Å². The van der Waals surface area contributed by atoms with Gasteiger partial charge in [-0.3, -0.25) is 0 Å². The minimum atomic E-state index is -0.151. The molecule has 0 bridgehead atoms. The summed E-state index contributed by atoms with van der Waals surface area (Å²) in [6.45, 7) is 2.14. The second-order valence-electron chi connectivity index (χ2n) is 5.15. The third kappa shape index (κ3) is 3.93. The lowest BCUT2D eigenvalue weighted by Gasteiger charge is -2.19. The maximum atomic E-state index is 9.45. The molecule has 2 rings (SSSR count). The summed E-state index contributed by atoms with van der Waals surface area (Å²) < 4.78 is 5.61. The molecule has 0 aliphatic carbocycles. The van der Waals surface area contributed by atoms with Crippen LogP contribution in [0.2, 0.25) is 0 Å². The van der Waals surface area contributed by atoms with Crippen LogP contribution in [0.3, 0.4) is 0 Å². The minimum Gasteiger partial charge on any atom is -0.377 e. The molecule has 0 spiro atoms. The van der Waals surface area contributed by atoms with Gasteiger partial charge in [0.1, 0.15) is 0 Å². The Hall–Kier alpha value is -2.11. The van der Waals surface area contributed by atoms with Gasteiger partial charge in [-0.15, -0.1) is 0 Å². The fourth-order valence-corrected chi connectivity index (χ4v) is 2.50. The first-order chi connectivity index (χ1) is 10.3. The lowest BCUT2D eigenvalue weighted by atomic mass is 9.91. The fraction of sp³-hybridized carbons (Fsp3) is 0.316. The average molecular weight is 279 g/mol. The number of rotatable bonds is 6. The van der Waals surface area contributed by atoms with Gasteiger partial charge in [-0.25, -0.2) is 0 Å². The predicted molar refractivity (Wildman–Crippen MR) is 85.0 cm³/mol. The molecule has 0 aliphatic heterocycles. The number of hydrogen-bond acceptors (Lipinski definition) is 2. The van der Waals surface area contributed by atoms with Crippen LogP contribution in [-0.2, 0) is 11.2 Å². The van der Waals surface area contributed by atoms with E-state index in [9.17, 15) is 5.26 Å². The Morgan fingerprint density at radius 2 is 1.67 bits per heavy atom. The quantitative estimate of drug-likeness (QED) is 0.772. The van der Waals surface area contributed by atoms with Crippen LogP contribution in [0.15, 0.2) is 54.6 Å². The van der Waals surface area contributed by atoms with Crippen molar-refractivity contribution in [3.63, 3.8) is 0 Å². The highest BCUT2D eigenvalue weighted by molar-refractivity contribution is 5.28. The number of nitriles is 1. The van der Waals surface area contributed by atoms with Crippen LogP contribution in [0.5, 0.6) is 0 Å². The Bertz CT molecular complexity index is 583. The van der Waals surface area contributed by atoms with Crippen LogP contribution in [0.25, 0.3) is 0 Å². The van der Waals surface area contributed by atoms with E-state index >= 15 is 0 Å². The van der Waals surface area contributed by atoms with Gasteiger partial charge in [-0.2, -0.15) is 5.26 Å². The van der Waals surface area contributed by atoms with Gasteiger partial charge in [0, 0.05) is 7.11 Å². The van der Waals surface area contributed by atoms with Crippen LogP contribution in [0.4, 0.5) is 0 Å². The molecular formula is C19H21NO. The standard InChI is InChI=1S/C19H21NO/c1-3-15-9-11-17(12-10-15)19(21-2)13-18(14-20)16-7-5-4-6-8-16/h4-12,18-19H,3,13H2,1-2H3. The van der Waals surface area contributed by atoms with Gasteiger partial charge in [0.15, 0.2) is 0 Å². The largest absolute Gasteiger partial charge is 0.377 e. The summed E-state index contributed by atoms with van der Waals surface area (Å²) in [7, 11) is 1.71.